The maximum Gasteiger partial charge on any atom is 0.328 e. The summed E-state index contributed by atoms with van der Waals surface area (Å²) in [6, 6.07) is 4.39. The normalized spacial score (nSPS) is 15.0. The van der Waals surface area contributed by atoms with E-state index in [1.807, 2.05) is 0 Å². The number of benzene rings is 1. The molecule has 1 saturated heterocycles. The molecule has 1 aromatic rings. The molecule has 28 heavy (non-hydrogen) atoms. The minimum Gasteiger partial charge on any atom is -0.478 e. The van der Waals surface area contributed by atoms with Gasteiger partial charge in [0, 0.05) is 43.9 Å². The second-order valence-corrected chi connectivity index (χ2v) is 6.87. The second-order valence-electron chi connectivity index (χ2n) is 6.05. The summed E-state index contributed by atoms with van der Waals surface area (Å²) in [6.07, 6.45) is 1.81. The van der Waals surface area contributed by atoms with Crippen LogP contribution in [0, 0.1) is 11.8 Å². The average Bonchev–Trinajstić information content (AvgIpc) is 2.67. The van der Waals surface area contributed by atoms with Gasteiger partial charge in [0.05, 0.1) is 16.1 Å². The molecule has 1 aromatic carbocycles. The van der Waals surface area contributed by atoms with Crippen LogP contribution in [0.4, 0.5) is 4.79 Å². The summed E-state index contributed by atoms with van der Waals surface area (Å²) in [7, 11) is 0. The molecule has 0 aliphatic carbocycles. The maximum atomic E-state index is 12.3. The summed E-state index contributed by atoms with van der Waals surface area (Å²) >= 11 is 11.8. The molecule has 0 spiro atoms. The fourth-order valence-corrected chi connectivity index (χ4v) is 2.75. The summed E-state index contributed by atoms with van der Waals surface area (Å²) in [5, 5.41) is 12.2. The Labute approximate surface area is 172 Å². The minimum absolute atomic E-state index is 0.274. The lowest BCUT2D eigenvalue weighted by Crippen LogP contribution is -2.54. The Hall–Kier alpha value is -2.69. The van der Waals surface area contributed by atoms with Crippen LogP contribution in [-0.4, -0.2) is 65.0 Å². The maximum absolute atomic E-state index is 12.3. The molecule has 1 aliphatic rings. The second kappa shape index (κ2) is 10.0. The van der Waals surface area contributed by atoms with E-state index < -0.39 is 5.97 Å². The van der Waals surface area contributed by atoms with E-state index in [0.29, 0.717) is 41.8 Å². The van der Waals surface area contributed by atoms with Gasteiger partial charge in [-0.1, -0.05) is 35.0 Å². The van der Waals surface area contributed by atoms with E-state index >= 15 is 0 Å². The van der Waals surface area contributed by atoms with E-state index in [0.717, 1.165) is 12.2 Å². The molecule has 1 heterocycles. The summed E-state index contributed by atoms with van der Waals surface area (Å²) in [6.45, 7) is 3.13. The number of carboxylic acid groups (broad SMARTS) is 1. The van der Waals surface area contributed by atoms with Gasteiger partial charge in [0.2, 0.25) is 5.91 Å². The molecular formula is C19H19Cl2N3O4. The van der Waals surface area contributed by atoms with Gasteiger partial charge in [-0.3, -0.25) is 4.79 Å². The first kappa shape index (κ1) is 21.6. The van der Waals surface area contributed by atoms with Gasteiger partial charge in [0.25, 0.3) is 0 Å². The topological polar surface area (TPSA) is 90.0 Å². The summed E-state index contributed by atoms with van der Waals surface area (Å²) in [5.41, 5.74) is 0.692. The van der Waals surface area contributed by atoms with Crippen molar-refractivity contribution in [1.82, 2.24) is 15.1 Å². The summed E-state index contributed by atoms with van der Waals surface area (Å²) in [5.74, 6) is 4.30. The number of nitrogens with one attached hydrogen (secondary N) is 1. The van der Waals surface area contributed by atoms with Gasteiger partial charge in [-0.25, -0.2) is 9.59 Å². The molecule has 2 N–H and O–H groups in total. The lowest BCUT2D eigenvalue weighted by Gasteiger charge is -2.34. The van der Waals surface area contributed by atoms with Crippen LogP contribution in [0.25, 0.3) is 0 Å². The number of amides is 3. The Morgan fingerprint density at radius 2 is 1.75 bits per heavy atom. The third-order valence-electron chi connectivity index (χ3n) is 3.94. The van der Waals surface area contributed by atoms with E-state index in [1.54, 1.807) is 30.0 Å². The molecule has 1 atom stereocenters. The van der Waals surface area contributed by atoms with Crippen molar-refractivity contribution < 1.29 is 19.5 Å². The summed E-state index contributed by atoms with van der Waals surface area (Å²) in [4.78, 5) is 37.7. The third kappa shape index (κ3) is 6.48. The van der Waals surface area contributed by atoms with Crippen LogP contribution >= 0.6 is 23.2 Å². The standard InChI is InChI=1S/C19H19Cl2N3O4/c1-13(2-3-14-4-5-15(20)16(21)12-14)22-19(28)24-10-8-23(9-11-24)17(25)6-7-18(26)27/h4-7,12-13H,8-11H2,1H3,(H,22,28)(H,26,27)/b7-6+/t13-/m0/s1. The zero-order valence-corrected chi connectivity index (χ0v) is 16.6. The van der Waals surface area contributed by atoms with Crippen molar-refractivity contribution in [3.63, 3.8) is 0 Å². The van der Waals surface area contributed by atoms with Gasteiger partial charge in [-0.15, -0.1) is 0 Å². The van der Waals surface area contributed by atoms with Crippen LogP contribution in [0.2, 0.25) is 10.0 Å². The van der Waals surface area contributed by atoms with Crippen LogP contribution in [0.5, 0.6) is 0 Å². The van der Waals surface area contributed by atoms with Crippen LogP contribution in [-0.2, 0) is 9.59 Å². The van der Waals surface area contributed by atoms with Crippen LogP contribution < -0.4 is 5.32 Å². The Balaban J connectivity index is 1.84. The highest BCUT2D eigenvalue weighted by Crippen LogP contribution is 2.22. The van der Waals surface area contributed by atoms with Crippen molar-refractivity contribution in [2.24, 2.45) is 0 Å². The predicted octanol–water partition coefficient (Wildman–Crippen LogP) is 2.23. The number of hydrogen-bond donors (Lipinski definition) is 2. The number of aliphatic carboxylic acids is 1. The zero-order valence-electron chi connectivity index (χ0n) is 15.1. The molecule has 2 rings (SSSR count). The Kier molecular flexibility index (Phi) is 7.73. The van der Waals surface area contributed by atoms with Crippen LogP contribution in [0.15, 0.2) is 30.4 Å². The molecule has 9 heteroatoms. The molecule has 7 nitrogen and oxygen atoms in total. The first-order valence-electron chi connectivity index (χ1n) is 8.48. The average molecular weight is 424 g/mol. The Morgan fingerprint density at radius 1 is 1.11 bits per heavy atom. The number of carbonyl (C=O) groups is 3. The third-order valence-corrected chi connectivity index (χ3v) is 4.68. The van der Waals surface area contributed by atoms with Crippen molar-refractivity contribution in [2.75, 3.05) is 26.2 Å². The van der Waals surface area contributed by atoms with Gasteiger partial charge < -0.3 is 20.2 Å². The Bertz CT molecular complexity index is 852. The fourth-order valence-electron chi connectivity index (χ4n) is 2.46. The predicted molar refractivity (Wildman–Crippen MR) is 106 cm³/mol. The van der Waals surface area contributed by atoms with Crippen molar-refractivity contribution in [2.45, 2.75) is 13.0 Å². The molecule has 0 unspecified atom stereocenters. The molecule has 0 radical (unpaired) electrons. The molecular weight excluding hydrogens is 405 g/mol. The highest BCUT2D eigenvalue weighted by atomic mass is 35.5. The van der Waals surface area contributed by atoms with Crippen molar-refractivity contribution in [3.8, 4) is 11.8 Å². The van der Waals surface area contributed by atoms with Gasteiger partial charge in [0.1, 0.15) is 0 Å². The lowest BCUT2D eigenvalue weighted by atomic mass is 10.2. The van der Waals surface area contributed by atoms with E-state index in [1.165, 1.54) is 4.90 Å². The van der Waals surface area contributed by atoms with Gasteiger partial charge in [-0.05, 0) is 25.1 Å². The molecule has 148 valence electrons. The Morgan fingerprint density at radius 3 is 2.36 bits per heavy atom. The van der Waals surface area contributed by atoms with Crippen molar-refractivity contribution in [1.29, 1.82) is 0 Å². The number of carboxylic acids is 1. The van der Waals surface area contributed by atoms with Crippen LogP contribution in [0.1, 0.15) is 12.5 Å². The quantitative estimate of drug-likeness (QED) is 0.575. The molecule has 0 bridgehead atoms. The van der Waals surface area contributed by atoms with Crippen molar-refractivity contribution >= 4 is 41.1 Å². The number of piperazine rings is 1. The minimum atomic E-state index is -1.18. The smallest absolute Gasteiger partial charge is 0.328 e. The van der Waals surface area contributed by atoms with Gasteiger partial charge >= 0.3 is 12.0 Å². The highest BCUT2D eigenvalue weighted by molar-refractivity contribution is 6.42. The number of rotatable bonds is 3. The number of carbonyl (C=O) groups excluding carboxylic acids is 2. The van der Waals surface area contributed by atoms with E-state index in [9.17, 15) is 14.4 Å². The zero-order chi connectivity index (χ0) is 20.7. The first-order valence-corrected chi connectivity index (χ1v) is 9.24. The molecule has 0 saturated carbocycles. The highest BCUT2D eigenvalue weighted by Gasteiger charge is 2.23. The monoisotopic (exact) mass is 423 g/mol. The first-order chi connectivity index (χ1) is 13.3. The molecule has 1 fully saturated rings. The van der Waals surface area contributed by atoms with Crippen molar-refractivity contribution in [3.05, 3.63) is 46.0 Å². The number of hydrogen-bond acceptors (Lipinski definition) is 3. The molecule has 0 aromatic heterocycles. The van der Waals surface area contributed by atoms with E-state index in [2.05, 4.69) is 17.2 Å². The summed E-state index contributed by atoms with van der Waals surface area (Å²) < 4.78 is 0. The largest absolute Gasteiger partial charge is 0.478 e. The number of halogens is 2. The SMILES string of the molecule is C[C@@H](C#Cc1ccc(Cl)c(Cl)c1)NC(=O)N1CCN(C(=O)/C=C/C(=O)O)CC1. The van der Waals surface area contributed by atoms with Gasteiger partial charge in [-0.2, -0.15) is 0 Å². The number of nitrogens with zero attached hydrogens (tertiary/aromatic N) is 2. The van der Waals surface area contributed by atoms with E-state index in [4.69, 9.17) is 28.3 Å². The molecule has 3 amide bonds. The molecule has 1 aliphatic heterocycles. The van der Waals surface area contributed by atoms with E-state index in [-0.39, 0.29) is 18.0 Å². The number of urea groups is 1. The van der Waals surface area contributed by atoms with Crippen LogP contribution in [0.3, 0.4) is 0 Å². The lowest BCUT2D eigenvalue weighted by molar-refractivity contribution is -0.132. The fraction of sp³-hybridized carbons (Fsp3) is 0.316. The van der Waals surface area contributed by atoms with Gasteiger partial charge in [0.15, 0.2) is 0 Å².